The summed E-state index contributed by atoms with van der Waals surface area (Å²) in [5, 5.41) is 4.21. The van der Waals surface area contributed by atoms with E-state index in [-0.39, 0.29) is 6.61 Å². The third kappa shape index (κ3) is 3.07. The van der Waals surface area contributed by atoms with E-state index < -0.39 is 12.0 Å². The van der Waals surface area contributed by atoms with Crippen molar-refractivity contribution in [2.45, 2.75) is 13.0 Å². The Morgan fingerprint density at radius 3 is 2.86 bits per heavy atom. The van der Waals surface area contributed by atoms with Crippen molar-refractivity contribution in [3.63, 3.8) is 0 Å². The summed E-state index contributed by atoms with van der Waals surface area (Å²) in [4.78, 5) is 17.6. The lowest BCUT2D eigenvalue weighted by Gasteiger charge is -2.30. The topological polar surface area (TPSA) is 56.1 Å². The maximum absolute atomic E-state index is 12.9. The molecule has 28 heavy (non-hydrogen) atoms. The van der Waals surface area contributed by atoms with Crippen LogP contribution >= 0.6 is 23.2 Å². The van der Waals surface area contributed by atoms with Crippen LogP contribution in [0.2, 0.25) is 10.0 Å². The zero-order valence-corrected chi connectivity index (χ0v) is 16.6. The highest BCUT2D eigenvalue weighted by Gasteiger charge is 2.35. The van der Waals surface area contributed by atoms with Gasteiger partial charge in [-0.1, -0.05) is 54.1 Å². The molecule has 0 radical (unpaired) electrons. The number of halogens is 2. The number of aromatic nitrogens is 2. The van der Waals surface area contributed by atoms with Crippen LogP contribution in [-0.2, 0) is 9.53 Å². The van der Waals surface area contributed by atoms with Gasteiger partial charge in [-0.3, -0.25) is 4.57 Å². The molecule has 3 aromatic rings. The fraction of sp³-hybridized carbons (Fsp3) is 0.143. The Balaban J connectivity index is 1.97. The maximum Gasteiger partial charge on any atom is 0.338 e. The number of hydrogen-bond acceptors (Lipinski definition) is 4. The lowest BCUT2D eigenvalue weighted by Crippen LogP contribution is -2.29. The summed E-state index contributed by atoms with van der Waals surface area (Å²) >= 11 is 12.6. The summed E-state index contributed by atoms with van der Waals surface area (Å²) in [7, 11) is 0. The molecule has 0 bridgehead atoms. The number of imidazole rings is 1. The minimum atomic E-state index is -0.509. The Labute approximate surface area is 172 Å². The molecule has 1 atom stereocenters. The van der Waals surface area contributed by atoms with Crippen molar-refractivity contribution in [1.29, 1.82) is 0 Å². The first-order valence-electron chi connectivity index (χ1n) is 8.69. The van der Waals surface area contributed by atoms with Crippen LogP contribution in [0.4, 0.5) is 5.95 Å². The molecule has 7 heteroatoms. The molecule has 1 aliphatic rings. The number of nitrogens with zero attached hydrogens (tertiary/aromatic N) is 2. The van der Waals surface area contributed by atoms with Crippen LogP contribution in [0.15, 0.2) is 66.4 Å². The van der Waals surface area contributed by atoms with Crippen LogP contribution in [-0.4, -0.2) is 22.1 Å². The van der Waals surface area contributed by atoms with Crippen molar-refractivity contribution in [2.24, 2.45) is 0 Å². The molecule has 0 aliphatic carbocycles. The number of esters is 1. The highest BCUT2D eigenvalue weighted by atomic mass is 35.5. The summed E-state index contributed by atoms with van der Waals surface area (Å²) < 4.78 is 7.32. The fourth-order valence-electron chi connectivity index (χ4n) is 3.46. The molecular weight excluding hydrogens is 397 g/mol. The van der Waals surface area contributed by atoms with Crippen molar-refractivity contribution in [3.8, 4) is 0 Å². The largest absolute Gasteiger partial charge is 0.458 e. The summed E-state index contributed by atoms with van der Waals surface area (Å²) in [5.74, 6) is 0.194. The van der Waals surface area contributed by atoms with Crippen molar-refractivity contribution in [1.82, 2.24) is 9.55 Å². The van der Waals surface area contributed by atoms with E-state index in [9.17, 15) is 4.79 Å². The Morgan fingerprint density at radius 2 is 2.11 bits per heavy atom. The van der Waals surface area contributed by atoms with Crippen LogP contribution < -0.4 is 5.32 Å². The number of carbonyl (C=O) groups is 1. The number of rotatable bonds is 4. The third-order valence-corrected chi connectivity index (χ3v) is 5.20. The first kappa shape index (κ1) is 18.6. The second kappa shape index (κ2) is 7.34. The normalized spacial score (nSPS) is 15.9. The number of benzene rings is 2. The number of fused-ring (bicyclic) bond motifs is 3. The smallest absolute Gasteiger partial charge is 0.338 e. The van der Waals surface area contributed by atoms with Gasteiger partial charge in [0.05, 0.1) is 22.6 Å². The zero-order valence-electron chi connectivity index (χ0n) is 15.1. The molecule has 1 aliphatic heterocycles. The molecule has 0 fully saturated rings. The number of anilines is 1. The molecule has 4 rings (SSSR count). The van der Waals surface area contributed by atoms with Crippen LogP contribution in [0.3, 0.4) is 0 Å². The van der Waals surface area contributed by atoms with E-state index in [1.807, 2.05) is 41.8 Å². The van der Waals surface area contributed by atoms with Gasteiger partial charge in [0.15, 0.2) is 0 Å². The molecule has 5 nitrogen and oxygen atoms in total. The predicted molar refractivity (Wildman–Crippen MR) is 112 cm³/mol. The third-order valence-electron chi connectivity index (χ3n) is 4.64. The molecule has 1 N–H and O–H groups in total. The van der Waals surface area contributed by atoms with E-state index in [0.29, 0.717) is 27.3 Å². The van der Waals surface area contributed by atoms with Crippen LogP contribution in [0.5, 0.6) is 0 Å². The standard InChI is InChI=1S/C21H17Cl2N3O2/c1-3-10-28-20(27)18-12(2)24-21-25-16-6-4-5-7-17(16)26(21)19(18)14-9-8-13(22)11-15(14)23/h3-9,11,19H,1,10H2,2H3,(H,24,25). The van der Waals surface area contributed by atoms with E-state index in [2.05, 4.69) is 16.9 Å². The van der Waals surface area contributed by atoms with E-state index in [1.54, 1.807) is 12.1 Å². The molecule has 2 aromatic carbocycles. The second-order valence-electron chi connectivity index (χ2n) is 6.41. The molecule has 0 saturated carbocycles. The van der Waals surface area contributed by atoms with Gasteiger partial charge >= 0.3 is 5.97 Å². The number of para-hydroxylation sites is 2. The first-order valence-corrected chi connectivity index (χ1v) is 9.44. The fourth-order valence-corrected chi connectivity index (χ4v) is 3.97. The number of ether oxygens (including phenoxy) is 1. The van der Waals surface area contributed by atoms with Crippen molar-refractivity contribution >= 4 is 46.2 Å². The van der Waals surface area contributed by atoms with E-state index in [0.717, 1.165) is 16.6 Å². The van der Waals surface area contributed by atoms with Gasteiger partial charge in [-0.2, -0.15) is 0 Å². The minimum Gasteiger partial charge on any atom is -0.458 e. The van der Waals surface area contributed by atoms with Crippen LogP contribution in [0.25, 0.3) is 11.0 Å². The summed E-state index contributed by atoms with van der Waals surface area (Å²) in [6.45, 7) is 5.55. The number of allylic oxidation sites excluding steroid dienone is 1. The van der Waals surface area contributed by atoms with Crippen LogP contribution in [0.1, 0.15) is 18.5 Å². The molecule has 1 aromatic heterocycles. The molecule has 142 valence electrons. The van der Waals surface area contributed by atoms with Gasteiger partial charge < -0.3 is 10.1 Å². The number of hydrogen-bond donors (Lipinski definition) is 1. The monoisotopic (exact) mass is 413 g/mol. The SMILES string of the molecule is C=CCOC(=O)C1=C(C)Nc2nc3ccccc3n2C1c1ccc(Cl)cc1Cl. The van der Waals surface area contributed by atoms with Gasteiger partial charge in [0.1, 0.15) is 6.61 Å². The highest BCUT2D eigenvalue weighted by molar-refractivity contribution is 6.35. The quantitative estimate of drug-likeness (QED) is 0.461. The predicted octanol–water partition coefficient (Wildman–Crippen LogP) is 5.36. The van der Waals surface area contributed by atoms with Gasteiger partial charge in [0.2, 0.25) is 5.95 Å². The summed E-state index contributed by atoms with van der Waals surface area (Å²) in [6.07, 6.45) is 1.53. The maximum atomic E-state index is 12.9. The Kier molecular flexibility index (Phi) is 4.87. The summed E-state index contributed by atoms with van der Waals surface area (Å²) in [6, 6.07) is 12.5. The van der Waals surface area contributed by atoms with Crippen molar-refractivity contribution in [3.05, 3.63) is 82.0 Å². The molecular formula is C21H17Cl2N3O2. The average Bonchev–Trinajstić information content (AvgIpc) is 3.03. The first-order chi connectivity index (χ1) is 13.5. The average molecular weight is 414 g/mol. The Bertz CT molecular complexity index is 1130. The molecule has 1 unspecified atom stereocenters. The Morgan fingerprint density at radius 1 is 1.32 bits per heavy atom. The minimum absolute atomic E-state index is 0.119. The molecule has 0 spiro atoms. The zero-order chi connectivity index (χ0) is 19.8. The molecule has 2 heterocycles. The van der Waals surface area contributed by atoms with E-state index in [4.69, 9.17) is 27.9 Å². The number of carbonyl (C=O) groups excluding carboxylic acids is 1. The lowest BCUT2D eigenvalue weighted by molar-refractivity contribution is -0.138. The van der Waals surface area contributed by atoms with Crippen molar-refractivity contribution < 1.29 is 9.53 Å². The van der Waals surface area contributed by atoms with Gasteiger partial charge in [-0.15, -0.1) is 0 Å². The second-order valence-corrected chi connectivity index (χ2v) is 7.26. The van der Waals surface area contributed by atoms with Crippen molar-refractivity contribution in [2.75, 3.05) is 11.9 Å². The molecule has 0 saturated heterocycles. The van der Waals surface area contributed by atoms with E-state index in [1.165, 1.54) is 6.08 Å². The number of nitrogens with one attached hydrogen (secondary N) is 1. The van der Waals surface area contributed by atoms with Gasteiger partial charge in [0, 0.05) is 15.7 Å². The Hall–Kier alpha value is -2.76. The lowest BCUT2D eigenvalue weighted by atomic mass is 9.95. The molecule has 0 amide bonds. The highest BCUT2D eigenvalue weighted by Crippen LogP contribution is 2.42. The van der Waals surface area contributed by atoms with E-state index >= 15 is 0 Å². The van der Waals surface area contributed by atoms with Gasteiger partial charge in [-0.05, 0) is 36.8 Å². The van der Waals surface area contributed by atoms with Crippen LogP contribution in [0, 0.1) is 0 Å². The van der Waals surface area contributed by atoms with Gasteiger partial charge in [-0.25, -0.2) is 9.78 Å². The summed E-state index contributed by atoms with van der Waals surface area (Å²) in [5.41, 5.74) is 3.55. The van der Waals surface area contributed by atoms with Gasteiger partial charge in [0.25, 0.3) is 0 Å².